The van der Waals surface area contributed by atoms with Crippen molar-refractivity contribution in [3.63, 3.8) is 0 Å². The molecule has 1 rings (SSSR count). The number of nitrogens with zero attached hydrogens (tertiary/aromatic N) is 2. The van der Waals surface area contributed by atoms with Crippen LogP contribution < -0.4 is 10.2 Å². The lowest BCUT2D eigenvalue weighted by atomic mass is 10.5. The zero-order valence-corrected chi connectivity index (χ0v) is 11.7. The molecule has 0 amide bonds. The third-order valence-corrected chi connectivity index (χ3v) is 4.52. The van der Waals surface area contributed by atoms with Crippen LogP contribution in [-0.4, -0.2) is 41.3 Å². The summed E-state index contributed by atoms with van der Waals surface area (Å²) in [6, 6.07) is 0. The molecule has 0 saturated carbocycles. The largest absolute Gasteiger partial charge is 0.354 e. The van der Waals surface area contributed by atoms with Crippen molar-refractivity contribution in [3.8, 4) is 0 Å². The molecule has 6 heteroatoms. The maximum atomic E-state index is 11.2. The molecule has 0 aliphatic carbocycles. The van der Waals surface area contributed by atoms with Crippen molar-refractivity contribution in [2.75, 3.05) is 37.0 Å². The van der Waals surface area contributed by atoms with Crippen molar-refractivity contribution in [1.29, 1.82) is 0 Å². The topological polar surface area (TPSA) is 45.2 Å². The molecule has 0 spiro atoms. The van der Waals surface area contributed by atoms with Gasteiger partial charge in [-0.05, 0) is 0 Å². The summed E-state index contributed by atoms with van der Waals surface area (Å²) in [5, 5.41) is 4.30. The third kappa shape index (κ3) is 4.59. The molecule has 0 saturated heterocycles. The second-order valence-corrected chi connectivity index (χ2v) is 6.57. The zero-order chi connectivity index (χ0) is 12.0. The molecule has 1 unspecified atom stereocenters. The standard InChI is InChI=1S/C10H19N3OS2/c1-4-16(14)6-5-11-7-9-8-12-10(15-9)13(2)3/h8,11H,4-7H2,1-3H3. The smallest absolute Gasteiger partial charge is 0.185 e. The van der Waals surface area contributed by atoms with E-state index in [-0.39, 0.29) is 0 Å². The molecule has 16 heavy (non-hydrogen) atoms. The molecular formula is C10H19N3OS2. The Morgan fingerprint density at radius 2 is 2.31 bits per heavy atom. The first-order chi connectivity index (χ1) is 7.63. The van der Waals surface area contributed by atoms with Gasteiger partial charge in [0.15, 0.2) is 5.13 Å². The molecule has 0 aliphatic heterocycles. The molecule has 1 aromatic heterocycles. The second-order valence-electron chi connectivity index (χ2n) is 3.61. The van der Waals surface area contributed by atoms with Gasteiger partial charge in [-0.2, -0.15) is 0 Å². The van der Waals surface area contributed by atoms with E-state index >= 15 is 0 Å². The van der Waals surface area contributed by atoms with Crippen LogP contribution in [-0.2, 0) is 17.3 Å². The molecule has 0 aromatic carbocycles. The maximum Gasteiger partial charge on any atom is 0.185 e. The summed E-state index contributed by atoms with van der Waals surface area (Å²) in [4.78, 5) is 7.50. The van der Waals surface area contributed by atoms with Gasteiger partial charge in [-0.15, -0.1) is 11.3 Å². The lowest BCUT2D eigenvalue weighted by Gasteiger charge is -2.05. The Labute approximate surface area is 104 Å². The summed E-state index contributed by atoms with van der Waals surface area (Å²) < 4.78 is 11.2. The molecular weight excluding hydrogens is 242 g/mol. The quantitative estimate of drug-likeness (QED) is 0.746. The summed E-state index contributed by atoms with van der Waals surface area (Å²) >= 11 is 1.68. The highest BCUT2D eigenvalue weighted by atomic mass is 32.2. The van der Waals surface area contributed by atoms with Crippen LogP contribution in [0, 0.1) is 0 Å². The molecule has 1 heterocycles. The summed E-state index contributed by atoms with van der Waals surface area (Å²) in [5.41, 5.74) is 0. The predicted molar refractivity (Wildman–Crippen MR) is 71.7 cm³/mol. The minimum atomic E-state index is -0.670. The summed E-state index contributed by atoms with van der Waals surface area (Å²) in [6.07, 6.45) is 1.89. The molecule has 1 aromatic rings. The number of aromatic nitrogens is 1. The van der Waals surface area contributed by atoms with E-state index in [4.69, 9.17) is 0 Å². The lowest BCUT2D eigenvalue weighted by molar-refractivity contribution is 0.675. The molecule has 4 nitrogen and oxygen atoms in total. The van der Waals surface area contributed by atoms with Crippen molar-refractivity contribution in [2.45, 2.75) is 13.5 Å². The fourth-order valence-electron chi connectivity index (χ4n) is 1.13. The fourth-order valence-corrected chi connectivity index (χ4v) is 2.59. The number of rotatable bonds is 7. The van der Waals surface area contributed by atoms with E-state index in [0.717, 1.165) is 29.7 Å². The van der Waals surface area contributed by atoms with Gasteiger partial charge in [-0.1, -0.05) is 6.92 Å². The van der Waals surface area contributed by atoms with E-state index in [2.05, 4.69) is 10.3 Å². The minimum Gasteiger partial charge on any atom is -0.354 e. The number of hydrogen-bond acceptors (Lipinski definition) is 5. The van der Waals surface area contributed by atoms with Gasteiger partial charge in [0.25, 0.3) is 0 Å². The molecule has 92 valence electrons. The Morgan fingerprint density at radius 3 is 2.88 bits per heavy atom. The number of thiazole rings is 1. The SMILES string of the molecule is CCS(=O)CCNCc1cnc(N(C)C)s1. The van der Waals surface area contributed by atoms with Gasteiger partial charge in [0.2, 0.25) is 0 Å². The Hall–Kier alpha value is -0.460. The number of nitrogens with one attached hydrogen (secondary N) is 1. The van der Waals surface area contributed by atoms with E-state index in [1.165, 1.54) is 4.88 Å². The van der Waals surface area contributed by atoms with Crippen molar-refractivity contribution in [3.05, 3.63) is 11.1 Å². The summed E-state index contributed by atoms with van der Waals surface area (Å²) in [6.45, 7) is 3.56. The van der Waals surface area contributed by atoms with Crippen LogP contribution in [0.3, 0.4) is 0 Å². The first-order valence-corrected chi connectivity index (χ1v) is 7.61. The van der Waals surface area contributed by atoms with Crippen LogP contribution in [0.4, 0.5) is 5.13 Å². The Bertz CT molecular complexity index is 339. The summed E-state index contributed by atoms with van der Waals surface area (Å²) in [5.74, 6) is 1.48. The van der Waals surface area contributed by atoms with E-state index in [9.17, 15) is 4.21 Å². The molecule has 0 radical (unpaired) electrons. The third-order valence-electron chi connectivity index (χ3n) is 2.05. The first kappa shape index (κ1) is 13.6. The molecule has 1 N–H and O–H groups in total. The van der Waals surface area contributed by atoms with Crippen molar-refractivity contribution in [1.82, 2.24) is 10.3 Å². The Balaban J connectivity index is 2.24. The Morgan fingerprint density at radius 1 is 1.56 bits per heavy atom. The second kappa shape index (κ2) is 6.98. The van der Waals surface area contributed by atoms with Crippen molar-refractivity contribution < 1.29 is 4.21 Å². The maximum absolute atomic E-state index is 11.2. The van der Waals surface area contributed by atoms with Crippen LogP contribution in [0.25, 0.3) is 0 Å². The highest BCUT2D eigenvalue weighted by Gasteiger charge is 2.03. The van der Waals surface area contributed by atoms with Crippen molar-refractivity contribution >= 4 is 27.3 Å². The van der Waals surface area contributed by atoms with Crippen LogP contribution in [0.15, 0.2) is 6.20 Å². The summed E-state index contributed by atoms with van der Waals surface area (Å²) in [7, 11) is 3.30. The molecule has 1 atom stereocenters. The first-order valence-electron chi connectivity index (χ1n) is 5.31. The molecule has 0 bridgehead atoms. The number of anilines is 1. The highest BCUT2D eigenvalue weighted by molar-refractivity contribution is 7.84. The van der Waals surface area contributed by atoms with E-state index in [0.29, 0.717) is 0 Å². The van der Waals surface area contributed by atoms with Gasteiger partial charge in [0.1, 0.15) is 0 Å². The van der Waals surface area contributed by atoms with Gasteiger partial charge in [-0.25, -0.2) is 4.98 Å². The molecule has 0 fully saturated rings. The number of hydrogen-bond donors (Lipinski definition) is 1. The normalized spacial score (nSPS) is 12.7. The van der Waals surface area contributed by atoms with Crippen LogP contribution in [0.2, 0.25) is 0 Å². The average Bonchev–Trinajstić information content (AvgIpc) is 2.72. The fraction of sp³-hybridized carbons (Fsp3) is 0.700. The predicted octanol–water partition coefficient (Wildman–Crippen LogP) is 1.07. The highest BCUT2D eigenvalue weighted by Crippen LogP contribution is 2.19. The Kier molecular flexibility index (Phi) is 5.94. The van der Waals surface area contributed by atoms with E-state index in [1.54, 1.807) is 11.3 Å². The zero-order valence-electron chi connectivity index (χ0n) is 10.0. The van der Waals surface area contributed by atoms with Crippen molar-refractivity contribution in [2.24, 2.45) is 0 Å². The van der Waals surface area contributed by atoms with E-state index < -0.39 is 10.8 Å². The monoisotopic (exact) mass is 261 g/mol. The van der Waals surface area contributed by atoms with Gasteiger partial charge in [-0.3, -0.25) is 4.21 Å². The van der Waals surface area contributed by atoms with Crippen LogP contribution >= 0.6 is 11.3 Å². The van der Waals surface area contributed by atoms with Gasteiger partial charge >= 0.3 is 0 Å². The minimum absolute atomic E-state index is 0.670. The van der Waals surface area contributed by atoms with Gasteiger partial charge < -0.3 is 10.2 Å². The van der Waals surface area contributed by atoms with E-state index in [1.807, 2.05) is 32.1 Å². The lowest BCUT2D eigenvalue weighted by Crippen LogP contribution is -2.20. The van der Waals surface area contributed by atoms with Crippen LogP contribution in [0.5, 0.6) is 0 Å². The van der Waals surface area contributed by atoms with Gasteiger partial charge in [0, 0.05) is 60.6 Å². The molecule has 0 aliphatic rings. The average molecular weight is 261 g/mol. The van der Waals surface area contributed by atoms with Crippen LogP contribution in [0.1, 0.15) is 11.8 Å². The van der Waals surface area contributed by atoms with Gasteiger partial charge in [0.05, 0.1) is 0 Å².